The van der Waals surface area contributed by atoms with Crippen molar-refractivity contribution in [3.8, 4) is 0 Å². The fourth-order valence-corrected chi connectivity index (χ4v) is 4.45. The minimum Gasteiger partial charge on any atom is -0.475 e. The Balaban J connectivity index is 0.000000303. The third-order valence-corrected chi connectivity index (χ3v) is 6.48. The van der Waals surface area contributed by atoms with Crippen LogP contribution in [0.4, 0.5) is 32.0 Å². The van der Waals surface area contributed by atoms with Crippen molar-refractivity contribution in [2.45, 2.75) is 50.9 Å². The number of halogens is 6. The molecule has 0 spiro atoms. The number of hydrogen-bond acceptors (Lipinski definition) is 7. The maximum Gasteiger partial charge on any atom is 0.490 e. The van der Waals surface area contributed by atoms with E-state index in [-0.39, 0.29) is 11.8 Å². The Kier molecular flexibility index (Phi) is 10.5. The number of anilines is 1. The van der Waals surface area contributed by atoms with Crippen LogP contribution in [0.3, 0.4) is 0 Å². The average Bonchev–Trinajstić information content (AvgIpc) is 3.62. The summed E-state index contributed by atoms with van der Waals surface area (Å²) in [6, 6.07) is 6.09. The second kappa shape index (κ2) is 13.7. The van der Waals surface area contributed by atoms with Crippen molar-refractivity contribution in [1.29, 1.82) is 0 Å². The van der Waals surface area contributed by atoms with E-state index in [1.807, 2.05) is 28.5 Å². The van der Waals surface area contributed by atoms with E-state index >= 15 is 0 Å². The second-order valence-corrected chi connectivity index (χ2v) is 9.80. The van der Waals surface area contributed by atoms with Gasteiger partial charge < -0.3 is 20.0 Å². The fraction of sp³-hybridized carbons (Fsp3) is 0.462. The van der Waals surface area contributed by atoms with Gasteiger partial charge in [-0.2, -0.15) is 31.4 Å². The number of alkyl halides is 6. The summed E-state index contributed by atoms with van der Waals surface area (Å²) >= 11 is 0. The second-order valence-electron chi connectivity index (χ2n) is 9.80. The topological polar surface area (TPSA) is 141 Å². The van der Waals surface area contributed by atoms with E-state index in [0.29, 0.717) is 12.1 Å². The molecule has 1 atom stereocenters. The molecule has 0 aromatic carbocycles. The predicted octanol–water partition coefficient (Wildman–Crippen LogP) is 4.32. The molecular formula is C26H28F6N6O5. The molecule has 0 bridgehead atoms. The normalized spacial score (nSPS) is 17.0. The van der Waals surface area contributed by atoms with E-state index in [4.69, 9.17) is 29.9 Å². The molecule has 2 saturated heterocycles. The molecule has 17 heteroatoms. The quantitative estimate of drug-likeness (QED) is 0.411. The highest BCUT2D eigenvalue weighted by Crippen LogP contribution is 2.27. The Bertz CT molecular complexity index is 1410. The van der Waals surface area contributed by atoms with Crippen LogP contribution in [0.2, 0.25) is 0 Å². The third-order valence-electron chi connectivity index (χ3n) is 6.48. The van der Waals surface area contributed by atoms with E-state index in [0.717, 1.165) is 49.5 Å². The molecule has 2 aliphatic rings. The van der Waals surface area contributed by atoms with E-state index in [2.05, 4.69) is 22.1 Å². The summed E-state index contributed by atoms with van der Waals surface area (Å²) in [4.78, 5) is 44.0. The smallest absolute Gasteiger partial charge is 0.475 e. The first-order valence-electron chi connectivity index (χ1n) is 13.0. The van der Waals surface area contributed by atoms with Crippen LogP contribution < -0.4 is 4.90 Å². The van der Waals surface area contributed by atoms with Gasteiger partial charge in [-0.1, -0.05) is 0 Å². The van der Waals surface area contributed by atoms with Crippen molar-refractivity contribution >= 4 is 29.2 Å². The number of aliphatic carboxylic acids is 2. The predicted molar refractivity (Wildman–Crippen MR) is 139 cm³/mol. The number of rotatable bonds is 3. The number of carboxylic acids is 2. The van der Waals surface area contributed by atoms with Gasteiger partial charge in [0.1, 0.15) is 0 Å². The Morgan fingerprint density at radius 2 is 1.51 bits per heavy atom. The van der Waals surface area contributed by atoms with Gasteiger partial charge in [0.2, 0.25) is 0 Å². The largest absolute Gasteiger partial charge is 0.490 e. The monoisotopic (exact) mass is 618 g/mol. The van der Waals surface area contributed by atoms with E-state index in [1.165, 1.54) is 18.5 Å². The maximum atomic E-state index is 12.9. The fourth-order valence-electron chi connectivity index (χ4n) is 4.45. The molecule has 0 radical (unpaired) electrons. The number of amides is 1. The Hall–Kier alpha value is -4.44. The summed E-state index contributed by atoms with van der Waals surface area (Å²) in [5.74, 6) is -4.46. The number of aromatic nitrogens is 4. The number of carboxylic acid groups (broad SMARTS) is 2. The number of fused-ring (bicyclic) bond motifs is 1. The van der Waals surface area contributed by atoms with Gasteiger partial charge in [0.15, 0.2) is 11.5 Å². The number of piperidine rings is 1. The van der Waals surface area contributed by atoms with E-state index < -0.39 is 24.3 Å². The van der Waals surface area contributed by atoms with Gasteiger partial charge in [-0.15, -0.1) is 0 Å². The molecule has 3 aromatic rings. The summed E-state index contributed by atoms with van der Waals surface area (Å²) < 4.78 is 65.4. The number of carbonyl (C=O) groups is 3. The van der Waals surface area contributed by atoms with Crippen molar-refractivity contribution in [3.63, 3.8) is 0 Å². The number of hydrogen-bond donors (Lipinski definition) is 2. The van der Waals surface area contributed by atoms with Crippen LogP contribution in [0.25, 0.3) is 5.65 Å². The standard InChI is InChI=1S/C22H26N6O.2C2HF3O2/c1-16-11-18(13-23-12-16)22(29)27-10-4-5-17(14-27)21-24-20-7-6-19(15-28(20)25-21)26-8-2-3-9-26;2*3-2(4,5)1(6)7/h6-7,11-13,15,17H,2-5,8-10,14H2,1H3;2*(H,6,7). The zero-order chi connectivity index (χ0) is 31.9. The molecule has 0 aliphatic carbocycles. The van der Waals surface area contributed by atoms with Crippen molar-refractivity contribution in [3.05, 3.63) is 53.7 Å². The van der Waals surface area contributed by atoms with E-state index in [1.54, 1.807) is 12.4 Å². The first-order valence-corrected chi connectivity index (χ1v) is 13.0. The van der Waals surface area contributed by atoms with Gasteiger partial charge in [0.05, 0.1) is 17.4 Å². The van der Waals surface area contributed by atoms with Gasteiger partial charge in [-0.25, -0.2) is 19.1 Å². The van der Waals surface area contributed by atoms with Crippen molar-refractivity contribution in [2.24, 2.45) is 0 Å². The molecule has 1 amide bonds. The number of pyridine rings is 2. The highest BCUT2D eigenvalue weighted by Gasteiger charge is 2.39. The molecule has 5 heterocycles. The molecule has 2 aliphatic heterocycles. The summed E-state index contributed by atoms with van der Waals surface area (Å²) in [5.41, 5.74) is 3.73. The molecule has 234 valence electrons. The highest BCUT2D eigenvalue weighted by molar-refractivity contribution is 5.94. The Morgan fingerprint density at radius 3 is 2.07 bits per heavy atom. The summed E-state index contributed by atoms with van der Waals surface area (Å²) in [6.45, 7) is 5.61. The molecule has 0 saturated carbocycles. The molecule has 2 N–H and O–H groups in total. The van der Waals surface area contributed by atoms with Gasteiger partial charge in [0.25, 0.3) is 5.91 Å². The number of carbonyl (C=O) groups excluding carboxylic acids is 1. The lowest BCUT2D eigenvalue weighted by molar-refractivity contribution is -0.193. The zero-order valence-corrected chi connectivity index (χ0v) is 22.8. The lowest BCUT2D eigenvalue weighted by Crippen LogP contribution is -2.39. The van der Waals surface area contributed by atoms with Gasteiger partial charge in [0, 0.05) is 44.5 Å². The van der Waals surface area contributed by atoms with Crippen molar-refractivity contribution in [1.82, 2.24) is 24.5 Å². The van der Waals surface area contributed by atoms with Crippen LogP contribution in [0.1, 0.15) is 53.3 Å². The molecule has 11 nitrogen and oxygen atoms in total. The zero-order valence-electron chi connectivity index (χ0n) is 22.8. The molecule has 2 fully saturated rings. The van der Waals surface area contributed by atoms with Crippen LogP contribution in [0.15, 0.2) is 36.8 Å². The highest BCUT2D eigenvalue weighted by atomic mass is 19.4. The van der Waals surface area contributed by atoms with Crippen LogP contribution in [0.5, 0.6) is 0 Å². The van der Waals surface area contributed by atoms with Crippen LogP contribution in [-0.4, -0.2) is 91.1 Å². The molecule has 1 unspecified atom stereocenters. The lowest BCUT2D eigenvalue weighted by atomic mass is 9.97. The van der Waals surface area contributed by atoms with Crippen molar-refractivity contribution < 1.29 is 50.9 Å². The van der Waals surface area contributed by atoms with E-state index in [9.17, 15) is 31.1 Å². The van der Waals surface area contributed by atoms with Crippen LogP contribution in [-0.2, 0) is 9.59 Å². The third kappa shape index (κ3) is 9.27. The summed E-state index contributed by atoms with van der Waals surface area (Å²) in [7, 11) is 0. The minimum atomic E-state index is -5.08. The number of nitrogens with zero attached hydrogens (tertiary/aromatic N) is 6. The first kappa shape index (κ1) is 33.1. The summed E-state index contributed by atoms with van der Waals surface area (Å²) in [6.07, 6.45) is -0.182. The Labute approximate surface area is 240 Å². The van der Waals surface area contributed by atoms with Crippen LogP contribution >= 0.6 is 0 Å². The maximum absolute atomic E-state index is 12.9. The van der Waals surface area contributed by atoms with Crippen LogP contribution in [0, 0.1) is 6.92 Å². The van der Waals surface area contributed by atoms with Gasteiger partial charge >= 0.3 is 24.3 Å². The molecule has 43 heavy (non-hydrogen) atoms. The van der Waals surface area contributed by atoms with Gasteiger partial charge in [-0.3, -0.25) is 9.78 Å². The molecule has 5 rings (SSSR count). The minimum absolute atomic E-state index is 0.0472. The first-order chi connectivity index (χ1) is 20.1. The Morgan fingerprint density at radius 1 is 0.907 bits per heavy atom. The average molecular weight is 619 g/mol. The SMILES string of the molecule is Cc1cncc(C(=O)N2CCCC(c3nc4ccc(N5CCCC5)cn4n3)C2)c1.O=C(O)C(F)(F)F.O=C(O)C(F)(F)F. The molecular weight excluding hydrogens is 590 g/mol. The van der Waals surface area contributed by atoms with Crippen molar-refractivity contribution in [2.75, 3.05) is 31.1 Å². The molecule has 3 aromatic heterocycles. The number of likely N-dealkylation sites (tertiary alicyclic amines) is 1. The van der Waals surface area contributed by atoms with Gasteiger partial charge in [-0.05, 0) is 56.4 Å². The lowest BCUT2D eigenvalue weighted by Gasteiger charge is -2.31. The summed E-state index contributed by atoms with van der Waals surface area (Å²) in [5, 5.41) is 19.0. The number of aryl methyl sites for hydroxylation is 1.